The fraction of sp³-hybridized carbons (Fsp3) is 0.217. The van der Waals surface area contributed by atoms with Gasteiger partial charge in [0, 0.05) is 12.2 Å². The van der Waals surface area contributed by atoms with E-state index in [-0.39, 0.29) is 23.3 Å². The van der Waals surface area contributed by atoms with E-state index in [1.165, 1.54) is 30.0 Å². The summed E-state index contributed by atoms with van der Waals surface area (Å²) in [6.45, 7) is 6.14. The molecule has 2 N–H and O–H groups in total. The van der Waals surface area contributed by atoms with Crippen LogP contribution in [-0.4, -0.2) is 31.8 Å². The van der Waals surface area contributed by atoms with Gasteiger partial charge >= 0.3 is 0 Å². The number of para-hydroxylation sites is 1. The van der Waals surface area contributed by atoms with Gasteiger partial charge in [-0.3, -0.25) is 9.59 Å². The van der Waals surface area contributed by atoms with Crippen LogP contribution in [0.3, 0.4) is 0 Å². The van der Waals surface area contributed by atoms with Crippen LogP contribution in [0.4, 0.5) is 10.1 Å². The highest BCUT2D eigenvalue weighted by Crippen LogP contribution is 2.26. The Morgan fingerprint density at radius 2 is 1.88 bits per heavy atom. The maximum Gasteiger partial charge on any atom is 0.254 e. The van der Waals surface area contributed by atoms with Crippen LogP contribution in [0.1, 0.15) is 29.5 Å². The molecule has 1 unspecified atom stereocenters. The Labute approximate surface area is 190 Å². The Hall–Kier alpha value is -3.46. The second-order valence-corrected chi connectivity index (χ2v) is 8.00. The van der Waals surface area contributed by atoms with E-state index in [0.717, 1.165) is 5.69 Å². The quantitative estimate of drug-likeness (QED) is 0.357. The monoisotopic (exact) mass is 453 g/mol. The van der Waals surface area contributed by atoms with E-state index >= 15 is 0 Å². The molecule has 1 aromatic heterocycles. The molecule has 2 amide bonds. The van der Waals surface area contributed by atoms with Gasteiger partial charge in [0.1, 0.15) is 5.82 Å². The lowest BCUT2D eigenvalue weighted by molar-refractivity contribution is -0.115. The number of hydrogen-bond acceptors (Lipinski definition) is 5. The van der Waals surface area contributed by atoms with Crippen molar-refractivity contribution in [1.82, 2.24) is 20.1 Å². The van der Waals surface area contributed by atoms with Crippen LogP contribution < -0.4 is 10.6 Å². The number of amides is 2. The highest BCUT2D eigenvalue weighted by Gasteiger charge is 2.23. The summed E-state index contributed by atoms with van der Waals surface area (Å²) in [5.41, 5.74) is 0.682. The molecule has 0 saturated carbocycles. The molecule has 0 radical (unpaired) electrons. The smallest absolute Gasteiger partial charge is 0.254 e. The van der Waals surface area contributed by atoms with Crippen molar-refractivity contribution in [1.29, 1.82) is 0 Å². The third kappa shape index (κ3) is 5.82. The predicted octanol–water partition coefficient (Wildman–Crippen LogP) is 4.04. The van der Waals surface area contributed by atoms with Gasteiger partial charge in [-0.15, -0.1) is 16.8 Å². The van der Waals surface area contributed by atoms with Crippen molar-refractivity contribution in [3.8, 4) is 0 Å². The first-order valence-corrected chi connectivity index (χ1v) is 11.0. The number of thioether (sulfide) groups is 1. The third-order valence-electron chi connectivity index (χ3n) is 4.58. The molecule has 0 aliphatic rings. The van der Waals surface area contributed by atoms with E-state index in [1.54, 1.807) is 16.7 Å². The summed E-state index contributed by atoms with van der Waals surface area (Å²) in [4.78, 5) is 25.0. The minimum absolute atomic E-state index is 0.0412. The van der Waals surface area contributed by atoms with Crippen LogP contribution in [-0.2, 0) is 17.9 Å². The minimum atomic E-state index is -0.594. The Bertz CT molecular complexity index is 1090. The topological polar surface area (TPSA) is 88.9 Å². The lowest BCUT2D eigenvalue weighted by Crippen LogP contribution is -2.26. The lowest BCUT2D eigenvalue weighted by Gasteiger charge is -2.15. The van der Waals surface area contributed by atoms with Gasteiger partial charge in [0.25, 0.3) is 5.91 Å². The molecular weight excluding hydrogens is 429 g/mol. The van der Waals surface area contributed by atoms with Crippen molar-refractivity contribution in [2.45, 2.75) is 36.8 Å². The van der Waals surface area contributed by atoms with Gasteiger partial charge in [-0.05, 0) is 30.7 Å². The standard InChI is InChI=1S/C23H24FN5O2S/c1-3-14-29-20(15-25-21(30)17-12-8-9-13-18(17)24)27-28-23(29)32-19(4-2)22(31)26-16-10-6-5-7-11-16/h3,5-13,19H,1,4,14-15H2,2H3,(H,25,30)(H,26,31). The highest BCUT2D eigenvalue weighted by molar-refractivity contribution is 8.00. The van der Waals surface area contributed by atoms with E-state index in [0.29, 0.717) is 23.9 Å². The molecule has 0 aliphatic carbocycles. The van der Waals surface area contributed by atoms with Gasteiger partial charge in [0.2, 0.25) is 5.91 Å². The molecule has 7 nitrogen and oxygen atoms in total. The molecule has 0 bridgehead atoms. The van der Waals surface area contributed by atoms with Crippen molar-refractivity contribution < 1.29 is 14.0 Å². The van der Waals surface area contributed by atoms with Gasteiger partial charge in [0.05, 0.1) is 17.4 Å². The molecule has 0 spiro atoms. The Balaban J connectivity index is 1.70. The number of carbonyl (C=O) groups excluding carboxylic acids is 2. The molecule has 3 aromatic rings. The summed E-state index contributed by atoms with van der Waals surface area (Å²) in [7, 11) is 0. The zero-order valence-corrected chi connectivity index (χ0v) is 18.4. The number of benzene rings is 2. The van der Waals surface area contributed by atoms with E-state index in [9.17, 15) is 14.0 Å². The maximum atomic E-state index is 13.8. The molecule has 0 aliphatic heterocycles. The highest BCUT2D eigenvalue weighted by atomic mass is 32.2. The largest absolute Gasteiger partial charge is 0.345 e. The molecule has 166 valence electrons. The van der Waals surface area contributed by atoms with E-state index < -0.39 is 11.7 Å². The minimum Gasteiger partial charge on any atom is -0.345 e. The first-order valence-electron chi connectivity index (χ1n) is 10.1. The maximum absolute atomic E-state index is 13.8. The van der Waals surface area contributed by atoms with Crippen LogP contribution in [0, 0.1) is 5.82 Å². The lowest BCUT2D eigenvalue weighted by atomic mass is 10.2. The van der Waals surface area contributed by atoms with Crippen LogP contribution >= 0.6 is 11.8 Å². The Kier molecular flexibility index (Phi) is 8.15. The number of halogens is 1. The number of hydrogen-bond donors (Lipinski definition) is 2. The average Bonchev–Trinajstić information content (AvgIpc) is 3.18. The molecular formula is C23H24FN5O2S. The van der Waals surface area contributed by atoms with Crippen molar-refractivity contribution in [2.75, 3.05) is 5.32 Å². The van der Waals surface area contributed by atoms with Gasteiger partial charge < -0.3 is 15.2 Å². The summed E-state index contributed by atoms with van der Waals surface area (Å²) in [5.74, 6) is -0.787. The van der Waals surface area contributed by atoms with Crippen molar-refractivity contribution in [3.63, 3.8) is 0 Å². The molecule has 9 heteroatoms. The first-order chi connectivity index (χ1) is 15.5. The number of rotatable bonds is 10. The summed E-state index contributed by atoms with van der Waals surface area (Å²) < 4.78 is 15.6. The second kappa shape index (κ2) is 11.2. The zero-order chi connectivity index (χ0) is 22.9. The van der Waals surface area contributed by atoms with Gasteiger partial charge in [-0.1, -0.05) is 55.1 Å². The van der Waals surface area contributed by atoms with Crippen molar-refractivity contribution in [3.05, 3.63) is 84.5 Å². The van der Waals surface area contributed by atoms with Gasteiger partial charge in [-0.25, -0.2) is 4.39 Å². The predicted molar refractivity (Wildman–Crippen MR) is 123 cm³/mol. The van der Waals surface area contributed by atoms with Gasteiger partial charge in [0.15, 0.2) is 11.0 Å². The molecule has 32 heavy (non-hydrogen) atoms. The average molecular weight is 454 g/mol. The normalized spacial score (nSPS) is 11.6. The van der Waals surface area contributed by atoms with Gasteiger partial charge in [-0.2, -0.15) is 0 Å². The van der Waals surface area contributed by atoms with E-state index in [1.807, 2.05) is 37.3 Å². The fourth-order valence-corrected chi connectivity index (χ4v) is 3.93. The molecule has 2 aromatic carbocycles. The Morgan fingerprint density at radius 1 is 1.16 bits per heavy atom. The number of anilines is 1. The number of nitrogens with one attached hydrogen (secondary N) is 2. The summed E-state index contributed by atoms with van der Waals surface area (Å²) in [6.07, 6.45) is 2.27. The number of nitrogens with zero attached hydrogens (tertiary/aromatic N) is 3. The van der Waals surface area contributed by atoms with Crippen molar-refractivity contribution in [2.24, 2.45) is 0 Å². The molecule has 0 saturated heterocycles. The summed E-state index contributed by atoms with van der Waals surface area (Å²) >= 11 is 1.29. The molecule has 1 heterocycles. The SMILES string of the molecule is C=CCn1c(CNC(=O)c2ccccc2F)nnc1SC(CC)C(=O)Nc1ccccc1. The molecule has 0 fully saturated rings. The van der Waals surface area contributed by atoms with Crippen LogP contribution in [0.2, 0.25) is 0 Å². The van der Waals surface area contributed by atoms with E-state index in [2.05, 4.69) is 27.4 Å². The van der Waals surface area contributed by atoms with E-state index in [4.69, 9.17) is 0 Å². The number of aromatic nitrogens is 3. The molecule has 3 rings (SSSR count). The summed E-state index contributed by atoms with van der Waals surface area (Å²) in [6, 6.07) is 15.0. The van der Waals surface area contributed by atoms with Crippen LogP contribution in [0.25, 0.3) is 0 Å². The first kappa shape index (κ1) is 23.2. The Morgan fingerprint density at radius 3 is 2.56 bits per heavy atom. The number of carbonyl (C=O) groups is 2. The number of allylic oxidation sites excluding steroid dienone is 1. The van der Waals surface area contributed by atoms with Crippen molar-refractivity contribution >= 4 is 29.3 Å². The van der Waals surface area contributed by atoms with Crippen LogP contribution in [0.5, 0.6) is 0 Å². The second-order valence-electron chi connectivity index (χ2n) is 6.83. The summed E-state index contributed by atoms with van der Waals surface area (Å²) in [5, 5.41) is 14.1. The third-order valence-corrected chi connectivity index (χ3v) is 5.93. The fourth-order valence-electron chi connectivity index (χ4n) is 2.94. The van der Waals surface area contributed by atoms with Crippen LogP contribution in [0.15, 0.2) is 72.4 Å². The zero-order valence-electron chi connectivity index (χ0n) is 17.6. The molecule has 1 atom stereocenters.